The summed E-state index contributed by atoms with van der Waals surface area (Å²) in [5.74, 6) is 0.944. The highest BCUT2D eigenvalue weighted by Crippen LogP contribution is 2.31. The van der Waals surface area contributed by atoms with Gasteiger partial charge < -0.3 is 14.6 Å². The second-order valence-electron chi connectivity index (χ2n) is 6.94. The molecule has 4 rings (SSSR count). The van der Waals surface area contributed by atoms with Crippen LogP contribution in [-0.4, -0.2) is 40.3 Å². The summed E-state index contributed by atoms with van der Waals surface area (Å²) in [5.41, 5.74) is 2.95. The predicted octanol–water partition coefficient (Wildman–Crippen LogP) is 4.15. The van der Waals surface area contributed by atoms with E-state index in [2.05, 4.69) is 15.6 Å². The van der Waals surface area contributed by atoms with Crippen LogP contribution < -0.4 is 10.6 Å². The number of hydrogen-bond donors (Lipinski definition) is 2. The molecule has 1 aliphatic heterocycles. The lowest BCUT2D eigenvalue weighted by atomic mass is 10.2. The number of anilines is 2. The molecular formula is C22H24N4O3S. The summed E-state index contributed by atoms with van der Waals surface area (Å²) in [6.45, 7) is 3.99. The second kappa shape index (κ2) is 9.32. The number of aromatic nitrogens is 2. The quantitative estimate of drug-likeness (QED) is 0.557. The zero-order chi connectivity index (χ0) is 20.9. The van der Waals surface area contributed by atoms with Gasteiger partial charge in [-0.05, 0) is 43.7 Å². The topological polar surface area (TPSA) is 85.2 Å². The summed E-state index contributed by atoms with van der Waals surface area (Å²) in [6.07, 6.45) is 1.28. The lowest BCUT2D eigenvalue weighted by Gasteiger charge is -2.12. The van der Waals surface area contributed by atoms with Crippen LogP contribution in [0.3, 0.4) is 0 Å². The zero-order valence-electron chi connectivity index (χ0n) is 16.8. The van der Waals surface area contributed by atoms with Crippen LogP contribution in [0, 0.1) is 0 Å². The molecule has 0 fully saturated rings. The first-order chi connectivity index (χ1) is 14.7. The van der Waals surface area contributed by atoms with Crippen molar-refractivity contribution in [3.63, 3.8) is 0 Å². The number of aryl methyl sites for hydroxylation is 1. The van der Waals surface area contributed by atoms with Crippen LogP contribution in [0.1, 0.15) is 30.1 Å². The monoisotopic (exact) mass is 424 g/mol. The number of rotatable bonds is 7. The molecule has 156 valence electrons. The normalized spacial score (nSPS) is 13.6. The fraction of sp³-hybridized carbons (Fsp3) is 0.318. The van der Waals surface area contributed by atoms with Crippen molar-refractivity contribution >= 4 is 46.2 Å². The van der Waals surface area contributed by atoms with Crippen LogP contribution in [0.15, 0.2) is 47.4 Å². The van der Waals surface area contributed by atoms with Gasteiger partial charge in [-0.3, -0.25) is 14.9 Å². The molecule has 8 heteroatoms. The molecule has 2 amide bonds. The molecular weight excluding hydrogens is 400 g/mol. The fourth-order valence-electron chi connectivity index (χ4n) is 3.40. The molecule has 3 aromatic rings. The molecule has 0 spiro atoms. The molecule has 0 radical (unpaired) electrons. The number of amides is 2. The first-order valence-electron chi connectivity index (χ1n) is 10.1. The van der Waals surface area contributed by atoms with E-state index in [9.17, 15) is 9.59 Å². The Morgan fingerprint density at radius 1 is 1.30 bits per heavy atom. The standard InChI is InChI=1S/C22H24N4O3S/c1-2-29-12-5-11-26-18-7-4-3-6-16(18)24-22(26)25-21(28)15-8-9-19-17(14-15)23-20(27)10-13-30-19/h3-4,6-9,14H,2,5,10-13H2,1H3,(H,23,27)(H,24,25,28). The smallest absolute Gasteiger partial charge is 0.258 e. The lowest BCUT2D eigenvalue weighted by Crippen LogP contribution is -2.17. The average Bonchev–Trinajstić information content (AvgIpc) is 2.96. The van der Waals surface area contributed by atoms with Crippen molar-refractivity contribution in [2.75, 3.05) is 29.6 Å². The average molecular weight is 425 g/mol. The van der Waals surface area contributed by atoms with Gasteiger partial charge in [0.1, 0.15) is 0 Å². The molecule has 0 unspecified atom stereocenters. The first kappa shape index (κ1) is 20.4. The van der Waals surface area contributed by atoms with E-state index in [0.29, 0.717) is 43.4 Å². The van der Waals surface area contributed by atoms with E-state index in [4.69, 9.17) is 4.74 Å². The van der Waals surface area contributed by atoms with E-state index in [1.165, 1.54) is 0 Å². The van der Waals surface area contributed by atoms with Gasteiger partial charge in [-0.1, -0.05) is 12.1 Å². The van der Waals surface area contributed by atoms with Gasteiger partial charge in [0.15, 0.2) is 0 Å². The SMILES string of the molecule is CCOCCCn1c(NC(=O)c2ccc3c(c2)NC(=O)CCS3)nc2ccccc21. The third kappa shape index (κ3) is 4.49. The minimum atomic E-state index is -0.261. The number of imidazole rings is 1. The molecule has 0 saturated carbocycles. The van der Waals surface area contributed by atoms with Crippen LogP contribution in [0.2, 0.25) is 0 Å². The van der Waals surface area contributed by atoms with Gasteiger partial charge in [-0.15, -0.1) is 11.8 Å². The van der Waals surface area contributed by atoms with Gasteiger partial charge in [-0.2, -0.15) is 0 Å². The van der Waals surface area contributed by atoms with Crippen molar-refractivity contribution in [1.29, 1.82) is 0 Å². The molecule has 0 aliphatic carbocycles. The molecule has 30 heavy (non-hydrogen) atoms. The highest BCUT2D eigenvalue weighted by molar-refractivity contribution is 7.99. The molecule has 0 bridgehead atoms. The van der Waals surface area contributed by atoms with Gasteiger partial charge in [0, 0.05) is 42.4 Å². The molecule has 1 aliphatic rings. The Kier molecular flexibility index (Phi) is 6.35. The number of thioether (sulfide) groups is 1. The molecule has 2 aromatic carbocycles. The molecule has 0 saturated heterocycles. The summed E-state index contributed by atoms with van der Waals surface area (Å²) < 4.78 is 7.46. The van der Waals surface area contributed by atoms with E-state index >= 15 is 0 Å². The van der Waals surface area contributed by atoms with Gasteiger partial charge in [0.05, 0.1) is 16.7 Å². The molecule has 2 N–H and O–H groups in total. The van der Waals surface area contributed by atoms with E-state index in [1.54, 1.807) is 23.9 Å². The summed E-state index contributed by atoms with van der Waals surface area (Å²) in [6, 6.07) is 13.2. The number of carbonyl (C=O) groups is 2. The number of nitrogens with zero attached hydrogens (tertiary/aromatic N) is 2. The second-order valence-corrected chi connectivity index (χ2v) is 8.07. The number of carbonyl (C=O) groups excluding carboxylic acids is 2. The van der Waals surface area contributed by atoms with Crippen molar-refractivity contribution in [3.8, 4) is 0 Å². The Morgan fingerprint density at radius 3 is 3.03 bits per heavy atom. The van der Waals surface area contributed by atoms with Crippen molar-refractivity contribution < 1.29 is 14.3 Å². The van der Waals surface area contributed by atoms with Crippen LogP contribution in [0.4, 0.5) is 11.6 Å². The highest BCUT2D eigenvalue weighted by Gasteiger charge is 2.18. The van der Waals surface area contributed by atoms with Crippen LogP contribution in [0.25, 0.3) is 11.0 Å². The van der Waals surface area contributed by atoms with Crippen molar-refractivity contribution in [3.05, 3.63) is 48.0 Å². The summed E-state index contributed by atoms with van der Waals surface area (Å²) >= 11 is 1.61. The number of nitrogens with one attached hydrogen (secondary N) is 2. The summed E-state index contributed by atoms with van der Waals surface area (Å²) in [4.78, 5) is 30.4. The van der Waals surface area contributed by atoms with E-state index in [1.807, 2.05) is 41.8 Å². The number of fused-ring (bicyclic) bond motifs is 2. The third-order valence-electron chi connectivity index (χ3n) is 4.86. The third-order valence-corrected chi connectivity index (χ3v) is 5.93. The van der Waals surface area contributed by atoms with Crippen molar-refractivity contribution in [2.24, 2.45) is 0 Å². The minimum absolute atomic E-state index is 0.0325. The maximum absolute atomic E-state index is 13.0. The first-order valence-corrected chi connectivity index (χ1v) is 11.1. The number of hydrogen-bond acceptors (Lipinski definition) is 5. The molecule has 0 atom stereocenters. The van der Waals surface area contributed by atoms with E-state index in [0.717, 1.165) is 28.1 Å². The molecule has 7 nitrogen and oxygen atoms in total. The summed E-state index contributed by atoms with van der Waals surface area (Å²) in [5, 5.41) is 5.82. The zero-order valence-corrected chi connectivity index (χ0v) is 17.6. The van der Waals surface area contributed by atoms with Crippen LogP contribution in [0.5, 0.6) is 0 Å². The summed E-state index contributed by atoms with van der Waals surface area (Å²) in [7, 11) is 0. The van der Waals surface area contributed by atoms with Gasteiger partial charge in [-0.25, -0.2) is 4.98 Å². The predicted molar refractivity (Wildman–Crippen MR) is 119 cm³/mol. The maximum atomic E-state index is 13.0. The number of para-hydroxylation sites is 2. The molecule has 2 heterocycles. The number of benzene rings is 2. The maximum Gasteiger partial charge on any atom is 0.258 e. The van der Waals surface area contributed by atoms with Gasteiger partial charge in [0.2, 0.25) is 11.9 Å². The Hall–Kier alpha value is -2.84. The Morgan fingerprint density at radius 2 is 2.17 bits per heavy atom. The lowest BCUT2D eigenvalue weighted by molar-refractivity contribution is -0.115. The van der Waals surface area contributed by atoms with E-state index < -0.39 is 0 Å². The van der Waals surface area contributed by atoms with Crippen LogP contribution >= 0.6 is 11.8 Å². The largest absolute Gasteiger partial charge is 0.382 e. The van der Waals surface area contributed by atoms with Crippen molar-refractivity contribution in [2.45, 2.75) is 31.2 Å². The highest BCUT2D eigenvalue weighted by atomic mass is 32.2. The number of ether oxygens (including phenoxy) is 1. The Labute approximate surface area is 179 Å². The van der Waals surface area contributed by atoms with Gasteiger partial charge >= 0.3 is 0 Å². The minimum Gasteiger partial charge on any atom is -0.382 e. The van der Waals surface area contributed by atoms with Gasteiger partial charge in [0.25, 0.3) is 5.91 Å². The Balaban J connectivity index is 1.58. The van der Waals surface area contributed by atoms with E-state index in [-0.39, 0.29) is 11.8 Å². The van der Waals surface area contributed by atoms with Crippen molar-refractivity contribution in [1.82, 2.24) is 9.55 Å². The fourth-order valence-corrected chi connectivity index (χ4v) is 4.34. The Bertz CT molecular complexity index is 1080. The van der Waals surface area contributed by atoms with Crippen LogP contribution in [-0.2, 0) is 16.1 Å². The molecule has 1 aromatic heterocycles.